The molecule has 4 aromatic rings. The molecule has 1 saturated heterocycles. The Morgan fingerprint density at radius 3 is 2.31 bits per heavy atom. The maximum atomic E-state index is 15.2. The van der Waals surface area contributed by atoms with Crippen molar-refractivity contribution in [2.75, 3.05) is 19.6 Å². The van der Waals surface area contributed by atoms with E-state index in [1.165, 1.54) is 12.1 Å². The van der Waals surface area contributed by atoms with Crippen molar-refractivity contribution in [2.24, 2.45) is 0 Å². The summed E-state index contributed by atoms with van der Waals surface area (Å²) in [7, 11) is 0. The minimum atomic E-state index is -4.88. The van der Waals surface area contributed by atoms with Gasteiger partial charge in [0.1, 0.15) is 11.6 Å². The van der Waals surface area contributed by atoms with E-state index < -0.39 is 58.3 Å². The molecular weight excluding hydrogens is 671 g/mol. The lowest BCUT2D eigenvalue weighted by Gasteiger charge is -2.40. The number of fused-ring (bicyclic) bond motifs is 2. The molecule has 2 heterocycles. The molecule has 1 fully saturated rings. The largest absolute Gasteiger partial charge is 0.481 e. The Kier molecular flexibility index (Phi) is 10.6. The number of aliphatic carboxylic acids is 1. The molecule has 2 N–H and O–H groups in total. The van der Waals surface area contributed by atoms with Crippen molar-refractivity contribution in [1.29, 1.82) is 0 Å². The van der Waals surface area contributed by atoms with Gasteiger partial charge in [-0.3, -0.25) is 23.6 Å². The third-order valence-corrected chi connectivity index (χ3v) is 10.3. The maximum absolute atomic E-state index is 15.2. The number of carboxylic acids is 1. The molecule has 1 aliphatic heterocycles. The van der Waals surface area contributed by atoms with Crippen LogP contribution >= 0.6 is 0 Å². The second kappa shape index (κ2) is 14.9. The molecular formula is C38H39F5N4O4. The Hall–Kier alpha value is -4.62. The Balaban J connectivity index is 1.42. The molecule has 0 bridgehead atoms. The molecule has 0 saturated carbocycles. The third-order valence-electron chi connectivity index (χ3n) is 10.3. The van der Waals surface area contributed by atoms with Crippen LogP contribution in [0, 0.1) is 11.6 Å². The van der Waals surface area contributed by atoms with Crippen LogP contribution in [0.15, 0.2) is 82.4 Å². The van der Waals surface area contributed by atoms with Crippen molar-refractivity contribution < 1.29 is 31.9 Å². The Bertz CT molecular complexity index is 2000. The van der Waals surface area contributed by atoms with Crippen molar-refractivity contribution in [3.05, 3.63) is 139 Å². The van der Waals surface area contributed by atoms with Gasteiger partial charge in [0.15, 0.2) is 0 Å². The number of halogens is 5. The molecule has 1 aliphatic carbocycles. The molecule has 270 valence electrons. The summed E-state index contributed by atoms with van der Waals surface area (Å²) in [6.07, 6.45) is -2.87. The molecule has 3 aromatic carbocycles. The third kappa shape index (κ3) is 7.84. The molecule has 0 unspecified atom stereocenters. The number of rotatable bonds is 12. The van der Waals surface area contributed by atoms with Gasteiger partial charge in [0.25, 0.3) is 5.56 Å². The fourth-order valence-corrected chi connectivity index (χ4v) is 7.69. The number of aromatic nitrogens is 2. The van der Waals surface area contributed by atoms with Gasteiger partial charge in [-0.05, 0) is 87.1 Å². The zero-order valence-electron chi connectivity index (χ0n) is 27.9. The summed E-state index contributed by atoms with van der Waals surface area (Å²) >= 11 is 0. The highest BCUT2D eigenvalue weighted by Crippen LogP contribution is 2.45. The predicted molar refractivity (Wildman–Crippen MR) is 180 cm³/mol. The van der Waals surface area contributed by atoms with Gasteiger partial charge in [-0.25, -0.2) is 13.6 Å². The summed E-state index contributed by atoms with van der Waals surface area (Å²) in [4.78, 5) is 42.2. The highest BCUT2D eigenvalue weighted by atomic mass is 19.4. The van der Waals surface area contributed by atoms with Gasteiger partial charge in [-0.15, -0.1) is 0 Å². The van der Waals surface area contributed by atoms with E-state index in [0.29, 0.717) is 50.2 Å². The first kappa shape index (κ1) is 36.2. The van der Waals surface area contributed by atoms with E-state index in [2.05, 4.69) is 10.2 Å². The van der Waals surface area contributed by atoms with Crippen LogP contribution in [-0.2, 0) is 42.4 Å². The van der Waals surface area contributed by atoms with Crippen LogP contribution in [0.4, 0.5) is 22.0 Å². The van der Waals surface area contributed by atoms with E-state index in [1.54, 1.807) is 36.4 Å². The lowest BCUT2D eigenvalue weighted by Crippen LogP contribution is -2.49. The van der Waals surface area contributed by atoms with Crippen LogP contribution in [0.2, 0.25) is 0 Å². The van der Waals surface area contributed by atoms with E-state index in [4.69, 9.17) is 5.11 Å². The molecule has 1 atom stereocenters. The summed E-state index contributed by atoms with van der Waals surface area (Å²) in [5.41, 5.74) is -1.69. The van der Waals surface area contributed by atoms with E-state index >= 15 is 4.39 Å². The molecule has 6 rings (SSSR count). The SMILES string of the molecule is O=C(O)CCCN[C@@H](Cn1c(=O)c2c(n(Cc3c(F)cccc3C(F)(F)F)c1=O)CCC21CCN(Cc2cccc(F)c2)CC1)c1ccccc1. The fraction of sp³-hybridized carbons (Fsp3) is 0.395. The van der Waals surface area contributed by atoms with Crippen molar-refractivity contribution >= 4 is 5.97 Å². The predicted octanol–water partition coefficient (Wildman–Crippen LogP) is 6.03. The summed E-state index contributed by atoms with van der Waals surface area (Å²) in [5.74, 6) is -2.41. The number of hydrogen-bond donors (Lipinski definition) is 2. The quantitative estimate of drug-likeness (QED) is 0.138. The fourth-order valence-electron chi connectivity index (χ4n) is 7.69. The monoisotopic (exact) mass is 710 g/mol. The van der Waals surface area contributed by atoms with Crippen LogP contribution in [0.3, 0.4) is 0 Å². The number of likely N-dealkylation sites (tertiary alicyclic amines) is 1. The van der Waals surface area contributed by atoms with E-state index in [-0.39, 0.29) is 38.2 Å². The molecule has 0 radical (unpaired) electrons. The van der Waals surface area contributed by atoms with Crippen LogP contribution in [0.1, 0.15) is 71.7 Å². The van der Waals surface area contributed by atoms with Gasteiger partial charge in [0.05, 0.1) is 24.7 Å². The van der Waals surface area contributed by atoms with Gasteiger partial charge in [0.2, 0.25) is 0 Å². The number of nitrogens with zero attached hydrogens (tertiary/aromatic N) is 3. The maximum Gasteiger partial charge on any atom is 0.416 e. The molecule has 1 aromatic heterocycles. The summed E-state index contributed by atoms with van der Waals surface area (Å²) < 4.78 is 73.7. The van der Waals surface area contributed by atoms with E-state index in [1.807, 2.05) is 6.07 Å². The minimum absolute atomic E-state index is 0.0942. The summed E-state index contributed by atoms with van der Waals surface area (Å²) in [6.45, 7) is 0.995. The zero-order chi connectivity index (χ0) is 36.3. The number of piperidine rings is 1. The highest BCUT2D eigenvalue weighted by molar-refractivity contribution is 5.66. The van der Waals surface area contributed by atoms with Gasteiger partial charge < -0.3 is 10.4 Å². The van der Waals surface area contributed by atoms with Crippen molar-refractivity contribution in [3.63, 3.8) is 0 Å². The Morgan fingerprint density at radius 1 is 0.902 bits per heavy atom. The first-order chi connectivity index (χ1) is 24.4. The lowest BCUT2D eigenvalue weighted by atomic mass is 9.74. The second-order valence-corrected chi connectivity index (χ2v) is 13.5. The van der Waals surface area contributed by atoms with Crippen LogP contribution in [0.25, 0.3) is 0 Å². The Labute approximate surface area is 291 Å². The average Bonchev–Trinajstić information content (AvgIpc) is 3.46. The number of benzene rings is 3. The molecule has 0 amide bonds. The second-order valence-electron chi connectivity index (χ2n) is 13.5. The van der Waals surface area contributed by atoms with Crippen LogP contribution < -0.4 is 16.6 Å². The van der Waals surface area contributed by atoms with Crippen molar-refractivity contribution in [3.8, 4) is 0 Å². The average molecular weight is 711 g/mol. The normalized spacial score (nSPS) is 16.3. The van der Waals surface area contributed by atoms with E-state index in [9.17, 15) is 31.9 Å². The number of nitrogens with one attached hydrogen (secondary N) is 1. The molecule has 51 heavy (non-hydrogen) atoms. The zero-order valence-corrected chi connectivity index (χ0v) is 27.9. The lowest BCUT2D eigenvalue weighted by molar-refractivity contribution is -0.138. The minimum Gasteiger partial charge on any atom is -0.481 e. The number of carboxylic acid groups (broad SMARTS) is 1. The number of alkyl halides is 3. The van der Waals surface area contributed by atoms with Gasteiger partial charge in [-0.1, -0.05) is 48.5 Å². The van der Waals surface area contributed by atoms with Crippen LogP contribution in [-0.4, -0.2) is 44.7 Å². The smallest absolute Gasteiger partial charge is 0.416 e. The first-order valence-corrected chi connectivity index (χ1v) is 17.0. The van der Waals surface area contributed by atoms with Gasteiger partial charge >= 0.3 is 17.8 Å². The number of hydrogen-bond acceptors (Lipinski definition) is 5. The highest BCUT2D eigenvalue weighted by Gasteiger charge is 2.46. The molecule has 8 nitrogen and oxygen atoms in total. The van der Waals surface area contributed by atoms with E-state index in [0.717, 1.165) is 38.5 Å². The van der Waals surface area contributed by atoms with Crippen molar-refractivity contribution in [2.45, 2.75) is 75.8 Å². The van der Waals surface area contributed by atoms with Gasteiger partial charge in [0, 0.05) is 35.2 Å². The van der Waals surface area contributed by atoms with Crippen LogP contribution in [0.5, 0.6) is 0 Å². The van der Waals surface area contributed by atoms with Crippen molar-refractivity contribution in [1.82, 2.24) is 19.4 Å². The summed E-state index contributed by atoms with van der Waals surface area (Å²) in [5, 5.41) is 12.4. The topological polar surface area (TPSA) is 96.6 Å². The molecule has 13 heteroatoms. The number of carbonyl (C=O) groups is 1. The molecule has 2 aliphatic rings. The standard InChI is InChI=1S/C38H39F5N4O4/c39-27-10-4-7-25(21-27)22-45-19-16-37(17-20-45)15-14-32-34(37)35(50)47(24-31(26-8-2-1-3-9-26)44-18-6-13-33(48)49)36(51)46(32)23-28-29(38(41,42)43)11-5-12-30(28)40/h1-5,7-12,21,31,44H,6,13-20,22-24H2,(H,48,49)/t31-/m0/s1. The Morgan fingerprint density at radius 2 is 1.63 bits per heavy atom. The van der Waals surface area contributed by atoms with Gasteiger partial charge in [-0.2, -0.15) is 13.2 Å². The summed E-state index contributed by atoms with van der Waals surface area (Å²) in [6, 6.07) is 17.4. The molecule has 1 spiro atoms. The first-order valence-electron chi connectivity index (χ1n) is 17.0.